The minimum absolute atomic E-state index is 0.110. The van der Waals surface area contributed by atoms with Gasteiger partial charge in [0.1, 0.15) is 10.8 Å². The van der Waals surface area contributed by atoms with Gasteiger partial charge in [0.15, 0.2) is 5.69 Å². The molecule has 1 saturated heterocycles. The minimum Gasteiger partial charge on any atom is -0.403 e. The first-order chi connectivity index (χ1) is 18.7. The van der Waals surface area contributed by atoms with Crippen LogP contribution in [0.1, 0.15) is 12.6 Å². The number of pyridine rings is 2. The van der Waals surface area contributed by atoms with E-state index in [0.717, 1.165) is 42.9 Å². The Bertz CT molecular complexity index is 1470. The van der Waals surface area contributed by atoms with Crippen LogP contribution in [0.3, 0.4) is 0 Å². The Morgan fingerprint density at radius 3 is 2.56 bits per heavy atom. The van der Waals surface area contributed by atoms with E-state index in [2.05, 4.69) is 47.7 Å². The van der Waals surface area contributed by atoms with E-state index < -0.39 is 17.9 Å². The highest BCUT2D eigenvalue weighted by molar-refractivity contribution is 7.13. The molecule has 4 aromatic rings. The maximum absolute atomic E-state index is 13.3. The van der Waals surface area contributed by atoms with Crippen molar-refractivity contribution in [1.29, 1.82) is 0 Å². The molecule has 204 valence electrons. The SMILES string of the molecule is CCNC(=O)Nc1cc(-c2nc(C(F)(F)F)cs2)c(-c2cncc(-c3nnc(N4CCN(C)CC4)o3)c2)cn1. The molecule has 39 heavy (non-hydrogen) atoms. The smallest absolute Gasteiger partial charge is 0.403 e. The van der Waals surface area contributed by atoms with Gasteiger partial charge in [-0.3, -0.25) is 10.3 Å². The topological polar surface area (TPSA) is 125 Å². The number of amides is 2. The van der Waals surface area contributed by atoms with Gasteiger partial charge in [-0.15, -0.1) is 16.4 Å². The fraction of sp³-hybridized carbons (Fsp3) is 0.333. The van der Waals surface area contributed by atoms with Crippen molar-refractivity contribution in [2.75, 3.05) is 50.0 Å². The molecule has 11 nitrogen and oxygen atoms in total. The zero-order valence-electron chi connectivity index (χ0n) is 21.0. The largest absolute Gasteiger partial charge is 0.434 e. The zero-order valence-corrected chi connectivity index (χ0v) is 21.8. The number of rotatable bonds is 6. The molecule has 0 radical (unpaired) electrons. The van der Waals surface area contributed by atoms with E-state index in [1.807, 2.05) is 4.90 Å². The molecule has 0 aromatic carbocycles. The summed E-state index contributed by atoms with van der Waals surface area (Å²) in [5.74, 6) is 0.414. The molecule has 5 heterocycles. The first-order valence-electron chi connectivity index (χ1n) is 12.0. The Balaban J connectivity index is 1.50. The summed E-state index contributed by atoms with van der Waals surface area (Å²) < 4.78 is 45.8. The number of nitrogens with zero attached hydrogens (tertiary/aromatic N) is 7. The third-order valence-corrected chi connectivity index (χ3v) is 6.87. The number of hydrogen-bond donors (Lipinski definition) is 2. The monoisotopic (exact) mass is 559 g/mol. The lowest BCUT2D eigenvalue weighted by atomic mass is 10.0. The molecule has 1 fully saturated rings. The van der Waals surface area contributed by atoms with Gasteiger partial charge in [0, 0.05) is 73.4 Å². The van der Waals surface area contributed by atoms with E-state index in [4.69, 9.17) is 4.42 Å². The van der Waals surface area contributed by atoms with Crippen LogP contribution in [0.4, 0.5) is 29.8 Å². The predicted molar refractivity (Wildman–Crippen MR) is 139 cm³/mol. The van der Waals surface area contributed by atoms with Gasteiger partial charge in [0.25, 0.3) is 5.89 Å². The van der Waals surface area contributed by atoms with E-state index >= 15 is 0 Å². The summed E-state index contributed by atoms with van der Waals surface area (Å²) >= 11 is 0.839. The fourth-order valence-electron chi connectivity index (χ4n) is 3.94. The van der Waals surface area contributed by atoms with E-state index in [1.54, 1.807) is 25.4 Å². The number of alkyl halides is 3. The second-order valence-electron chi connectivity index (χ2n) is 8.78. The number of nitrogens with one attached hydrogen (secondary N) is 2. The number of hydrogen-bond acceptors (Lipinski definition) is 10. The molecule has 0 aliphatic carbocycles. The van der Waals surface area contributed by atoms with Crippen LogP contribution in [0.5, 0.6) is 0 Å². The molecule has 0 atom stereocenters. The van der Waals surface area contributed by atoms with Gasteiger partial charge in [-0.25, -0.2) is 14.8 Å². The maximum Gasteiger partial charge on any atom is 0.434 e. The number of anilines is 2. The summed E-state index contributed by atoms with van der Waals surface area (Å²) in [6.45, 7) is 5.42. The van der Waals surface area contributed by atoms with Crippen molar-refractivity contribution in [2.45, 2.75) is 13.1 Å². The van der Waals surface area contributed by atoms with Crippen LogP contribution in [-0.4, -0.2) is 75.9 Å². The van der Waals surface area contributed by atoms with Crippen LogP contribution >= 0.6 is 11.3 Å². The lowest BCUT2D eigenvalue weighted by Crippen LogP contribution is -2.44. The summed E-state index contributed by atoms with van der Waals surface area (Å²) in [7, 11) is 2.05. The molecule has 0 spiro atoms. The number of carbonyl (C=O) groups is 1. The highest BCUT2D eigenvalue weighted by Gasteiger charge is 2.34. The number of likely N-dealkylation sites (N-methyl/N-ethyl adjacent to an activating group) is 1. The highest BCUT2D eigenvalue weighted by atomic mass is 32.1. The molecule has 15 heteroatoms. The third-order valence-electron chi connectivity index (χ3n) is 5.99. The lowest BCUT2D eigenvalue weighted by molar-refractivity contribution is -0.140. The third kappa shape index (κ3) is 5.98. The molecule has 2 N–H and O–H groups in total. The summed E-state index contributed by atoms with van der Waals surface area (Å²) in [6, 6.07) is 3.14. The number of carbonyl (C=O) groups excluding carboxylic acids is 1. The second-order valence-corrected chi connectivity index (χ2v) is 9.64. The van der Waals surface area contributed by atoms with Crippen molar-refractivity contribution in [2.24, 2.45) is 0 Å². The Morgan fingerprint density at radius 1 is 1.08 bits per heavy atom. The maximum atomic E-state index is 13.3. The molecular formula is C24H24F3N9O2S. The molecular weight excluding hydrogens is 535 g/mol. The van der Waals surface area contributed by atoms with Crippen LogP contribution in [0.2, 0.25) is 0 Å². The molecule has 0 unspecified atom stereocenters. The van der Waals surface area contributed by atoms with Gasteiger partial charge < -0.3 is 19.5 Å². The first-order valence-corrected chi connectivity index (χ1v) is 12.9. The number of halogens is 3. The van der Waals surface area contributed by atoms with Crippen molar-refractivity contribution in [1.82, 2.24) is 35.4 Å². The van der Waals surface area contributed by atoms with Gasteiger partial charge in [-0.2, -0.15) is 13.2 Å². The van der Waals surface area contributed by atoms with Gasteiger partial charge in [0.2, 0.25) is 0 Å². The number of urea groups is 1. The highest BCUT2D eigenvalue weighted by Crippen LogP contribution is 2.39. The fourth-order valence-corrected chi connectivity index (χ4v) is 4.80. The van der Waals surface area contributed by atoms with E-state index in [9.17, 15) is 18.0 Å². The minimum atomic E-state index is -4.59. The van der Waals surface area contributed by atoms with Crippen LogP contribution in [0, 0.1) is 0 Å². The number of thiazole rings is 1. The molecule has 4 aromatic heterocycles. The van der Waals surface area contributed by atoms with Gasteiger partial charge in [0.05, 0.1) is 5.56 Å². The quantitative estimate of drug-likeness (QED) is 0.357. The number of aromatic nitrogens is 5. The number of piperazine rings is 1. The van der Waals surface area contributed by atoms with Crippen molar-refractivity contribution in [3.63, 3.8) is 0 Å². The molecule has 5 rings (SSSR count). The Hall–Kier alpha value is -4.11. The summed E-state index contributed by atoms with van der Waals surface area (Å²) in [6.07, 6.45) is -0.0221. The van der Waals surface area contributed by atoms with Gasteiger partial charge in [-0.05, 0) is 26.1 Å². The summed E-state index contributed by atoms with van der Waals surface area (Å²) in [5, 5.41) is 14.6. The Morgan fingerprint density at radius 2 is 1.85 bits per heavy atom. The second kappa shape index (κ2) is 10.9. The summed E-state index contributed by atoms with van der Waals surface area (Å²) in [4.78, 5) is 28.6. The zero-order chi connectivity index (χ0) is 27.6. The van der Waals surface area contributed by atoms with E-state index in [0.29, 0.717) is 34.8 Å². The normalized spacial score (nSPS) is 14.4. The van der Waals surface area contributed by atoms with E-state index in [1.165, 1.54) is 12.3 Å². The van der Waals surface area contributed by atoms with Crippen molar-refractivity contribution >= 4 is 29.2 Å². The average Bonchev–Trinajstić information content (AvgIpc) is 3.60. The molecule has 1 aliphatic heterocycles. The molecule has 2 amide bonds. The van der Waals surface area contributed by atoms with Crippen LogP contribution < -0.4 is 15.5 Å². The van der Waals surface area contributed by atoms with Crippen molar-refractivity contribution in [3.05, 3.63) is 41.8 Å². The average molecular weight is 560 g/mol. The van der Waals surface area contributed by atoms with Crippen LogP contribution in [0.15, 0.2) is 40.5 Å². The Labute approximate surface area is 225 Å². The molecule has 1 aliphatic rings. The molecule has 0 saturated carbocycles. The van der Waals surface area contributed by atoms with Crippen molar-refractivity contribution < 1.29 is 22.4 Å². The summed E-state index contributed by atoms with van der Waals surface area (Å²) in [5.41, 5.74) is 0.888. The van der Waals surface area contributed by atoms with Gasteiger partial charge >= 0.3 is 18.2 Å². The van der Waals surface area contributed by atoms with Gasteiger partial charge in [-0.1, -0.05) is 5.10 Å². The first kappa shape index (κ1) is 26.5. The van der Waals surface area contributed by atoms with Crippen LogP contribution in [0.25, 0.3) is 33.2 Å². The lowest BCUT2D eigenvalue weighted by Gasteiger charge is -2.30. The van der Waals surface area contributed by atoms with E-state index in [-0.39, 0.29) is 16.7 Å². The van der Waals surface area contributed by atoms with Crippen LogP contribution in [-0.2, 0) is 6.18 Å². The molecule has 0 bridgehead atoms. The predicted octanol–water partition coefficient (Wildman–Crippen LogP) is 4.23. The standard InChI is InChI=1S/C24H24F3N9O2S/c1-3-29-22(37)32-19-9-16(21-31-18(13-39-21)24(25,26)27)17(12-30-19)14-8-15(11-28-10-14)20-33-34-23(38-20)36-6-4-35(2)5-7-36/h8-13H,3-7H2,1-2H3,(H2,29,30,32,37). The van der Waals surface area contributed by atoms with Crippen molar-refractivity contribution in [3.8, 4) is 33.2 Å². The Kier molecular flexibility index (Phi) is 7.43.